The van der Waals surface area contributed by atoms with Crippen LogP contribution in [0, 0.1) is 6.92 Å². The molecule has 1 aromatic heterocycles. The molecule has 0 aliphatic heterocycles. The number of hydrogen-bond donors (Lipinski definition) is 1. The lowest BCUT2D eigenvalue weighted by atomic mass is 10.2. The van der Waals surface area contributed by atoms with Crippen LogP contribution < -0.4 is 5.32 Å². The molecule has 0 atom stereocenters. The van der Waals surface area contributed by atoms with Gasteiger partial charge in [-0.1, -0.05) is 0 Å². The summed E-state index contributed by atoms with van der Waals surface area (Å²) in [6.07, 6.45) is 1.48. The number of carbonyl (C=O) groups excluding carboxylic acids is 1. The van der Waals surface area contributed by atoms with E-state index >= 15 is 0 Å². The van der Waals surface area contributed by atoms with E-state index in [1.165, 1.54) is 0 Å². The lowest BCUT2D eigenvalue weighted by Gasteiger charge is -2.04. The fourth-order valence-corrected chi connectivity index (χ4v) is 1.72. The highest BCUT2D eigenvalue weighted by Crippen LogP contribution is 2.19. The maximum Gasteiger partial charge on any atom is 0.192 e. The summed E-state index contributed by atoms with van der Waals surface area (Å²) in [5.74, 6) is 0.906. The Morgan fingerprint density at radius 2 is 2.29 bits per heavy atom. The van der Waals surface area contributed by atoms with Crippen molar-refractivity contribution in [2.75, 3.05) is 11.9 Å². The molecule has 0 unspecified atom stereocenters. The van der Waals surface area contributed by atoms with E-state index in [-0.39, 0.29) is 5.78 Å². The molecule has 2 aromatic rings. The molecule has 4 heteroatoms. The Morgan fingerprint density at radius 1 is 1.47 bits per heavy atom. The Balaban J connectivity index is 1.96. The van der Waals surface area contributed by atoms with Crippen LogP contribution in [0.4, 0.5) is 5.69 Å². The zero-order chi connectivity index (χ0) is 12.3. The predicted molar refractivity (Wildman–Crippen MR) is 67.2 cm³/mol. The van der Waals surface area contributed by atoms with Crippen LogP contribution in [0.5, 0.6) is 0 Å². The van der Waals surface area contributed by atoms with Crippen molar-refractivity contribution in [3.05, 3.63) is 24.1 Å². The van der Waals surface area contributed by atoms with Crippen molar-refractivity contribution in [1.29, 1.82) is 0 Å². The van der Waals surface area contributed by atoms with Crippen molar-refractivity contribution >= 4 is 22.6 Å². The van der Waals surface area contributed by atoms with Crippen LogP contribution in [0.3, 0.4) is 0 Å². The van der Waals surface area contributed by atoms with Crippen LogP contribution >= 0.6 is 0 Å². The fourth-order valence-electron chi connectivity index (χ4n) is 1.72. The highest BCUT2D eigenvalue weighted by Gasteiger charge is 2.02. The first-order valence-electron chi connectivity index (χ1n) is 5.75. The SMILES string of the molecule is CC(=O)CCCNc1ccc2oc(C)nc2c1. The zero-order valence-electron chi connectivity index (χ0n) is 10.1. The summed E-state index contributed by atoms with van der Waals surface area (Å²) >= 11 is 0. The summed E-state index contributed by atoms with van der Waals surface area (Å²) in [5.41, 5.74) is 2.67. The molecule has 4 nitrogen and oxygen atoms in total. The smallest absolute Gasteiger partial charge is 0.192 e. The Bertz CT molecular complexity index is 531. The lowest BCUT2D eigenvalue weighted by molar-refractivity contribution is -0.117. The summed E-state index contributed by atoms with van der Waals surface area (Å²) in [5, 5.41) is 3.27. The monoisotopic (exact) mass is 232 g/mol. The van der Waals surface area contributed by atoms with Crippen LogP contribution in [-0.2, 0) is 4.79 Å². The van der Waals surface area contributed by atoms with Gasteiger partial charge in [0.1, 0.15) is 11.3 Å². The van der Waals surface area contributed by atoms with Gasteiger partial charge in [-0.15, -0.1) is 0 Å². The van der Waals surface area contributed by atoms with E-state index in [4.69, 9.17) is 4.42 Å². The number of oxazole rings is 1. The van der Waals surface area contributed by atoms with E-state index < -0.39 is 0 Å². The molecule has 0 amide bonds. The van der Waals surface area contributed by atoms with Crippen molar-refractivity contribution in [1.82, 2.24) is 4.98 Å². The third-order valence-corrected chi connectivity index (χ3v) is 2.53. The highest BCUT2D eigenvalue weighted by molar-refractivity contribution is 5.77. The second-order valence-electron chi connectivity index (χ2n) is 4.15. The molecule has 0 bridgehead atoms. The molecule has 2 rings (SSSR count). The summed E-state index contributed by atoms with van der Waals surface area (Å²) in [6, 6.07) is 5.82. The van der Waals surface area contributed by atoms with Crippen LogP contribution in [0.25, 0.3) is 11.1 Å². The first kappa shape index (κ1) is 11.6. The first-order valence-corrected chi connectivity index (χ1v) is 5.75. The number of nitrogens with one attached hydrogen (secondary N) is 1. The average Bonchev–Trinajstić information content (AvgIpc) is 2.63. The van der Waals surface area contributed by atoms with Gasteiger partial charge >= 0.3 is 0 Å². The molecular weight excluding hydrogens is 216 g/mol. The van der Waals surface area contributed by atoms with E-state index in [0.717, 1.165) is 29.8 Å². The summed E-state index contributed by atoms with van der Waals surface area (Å²) in [4.78, 5) is 15.1. The third-order valence-electron chi connectivity index (χ3n) is 2.53. The van der Waals surface area contributed by atoms with Crippen molar-refractivity contribution < 1.29 is 9.21 Å². The number of fused-ring (bicyclic) bond motifs is 1. The molecule has 17 heavy (non-hydrogen) atoms. The number of carbonyl (C=O) groups is 1. The van der Waals surface area contributed by atoms with Crippen LogP contribution in [0.1, 0.15) is 25.7 Å². The number of benzene rings is 1. The second-order valence-corrected chi connectivity index (χ2v) is 4.15. The zero-order valence-corrected chi connectivity index (χ0v) is 10.1. The van der Waals surface area contributed by atoms with Gasteiger partial charge in [0.05, 0.1) is 0 Å². The molecule has 0 saturated carbocycles. The molecule has 0 aliphatic rings. The van der Waals surface area contributed by atoms with Gasteiger partial charge in [-0.05, 0) is 31.5 Å². The predicted octanol–water partition coefficient (Wildman–Crippen LogP) is 2.92. The second kappa shape index (κ2) is 4.99. The van der Waals surface area contributed by atoms with E-state index in [2.05, 4.69) is 10.3 Å². The van der Waals surface area contributed by atoms with Crippen LogP contribution in [-0.4, -0.2) is 17.3 Å². The van der Waals surface area contributed by atoms with Crippen molar-refractivity contribution in [3.63, 3.8) is 0 Å². The number of ketones is 1. The van der Waals surface area contributed by atoms with Gasteiger partial charge in [0.2, 0.25) is 0 Å². The number of aryl methyl sites for hydroxylation is 1. The van der Waals surface area contributed by atoms with Gasteiger partial charge < -0.3 is 14.5 Å². The van der Waals surface area contributed by atoms with Crippen LogP contribution in [0.2, 0.25) is 0 Å². The minimum Gasteiger partial charge on any atom is -0.441 e. The number of anilines is 1. The summed E-state index contributed by atoms with van der Waals surface area (Å²) in [7, 11) is 0. The summed E-state index contributed by atoms with van der Waals surface area (Å²) in [6.45, 7) is 4.24. The van der Waals surface area contributed by atoms with Gasteiger partial charge in [-0.25, -0.2) is 4.98 Å². The van der Waals surface area contributed by atoms with Crippen molar-refractivity contribution in [2.24, 2.45) is 0 Å². The van der Waals surface area contributed by atoms with Gasteiger partial charge in [-0.3, -0.25) is 0 Å². The minimum atomic E-state index is 0.231. The standard InChI is InChI=1S/C13H16N2O2/c1-9(16)4-3-7-14-11-5-6-13-12(8-11)15-10(2)17-13/h5-6,8,14H,3-4,7H2,1-2H3. The Morgan fingerprint density at radius 3 is 3.06 bits per heavy atom. The molecule has 1 aromatic carbocycles. The molecule has 0 aliphatic carbocycles. The Labute approximate surface area is 100 Å². The number of rotatable bonds is 5. The molecule has 0 spiro atoms. The van der Waals surface area contributed by atoms with Crippen molar-refractivity contribution in [2.45, 2.75) is 26.7 Å². The molecule has 0 fully saturated rings. The number of hydrogen-bond acceptors (Lipinski definition) is 4. The van der Waals surface area contributed by atoms with Gasteiger partial charge in [0, 0.05) is 25.6 Å². The molecule has 1 N–H and O–H groups in total. The Hall–Kier alpha value is -1.84. The fraction of sp³-hybridized carbons (Fsp3) is 0.385. The minimum absolute atomic E-state index is 0.231. The highest BCUT2D eigenvalue weighted by atomic mass is 16.3. The largest absolute Gasteiger partial charge is 0.441 e. The van der Waals surface area contributed by atoms with Crippen LogP contribution in [0.15, 0.2) is 22.6 Å². The van der Waals surface area contributed by atoms with Gasteiger partial charge in [0.15, 0.2) is 11.5 Å². The number of aromatic nitrogens is 1. The maximum absolute atomic E-state index is 10.8. The van der Waals surface area contributed by atoms with Gasteiger partial charge in [0.25, 0.3) is 0 Å². The van der Waals surface area contributed by atoms with E-state index in [9.17, 15) is 4.79 Å². The molecule has 0 radical (unpaired) electrons. The molecule has 1 heterocycles. The molecule has 0 saturated heterocycles. The third kappa shape index (κ3) is 3.06. The summed E-state index contributed by atoms with van der Waals surface area (Å²) < 4.78 is 5.40. The quantitative estimate of drug-likeness (QED) is 0.805. The van der Waals surface area contributed by atoms with Crippen molar-refractivity contribution in [3.8, 4) is 0 Å². The molecular formula is C13H16N2O2. The van der Waals surface area contributed by atoms with E-state index in [0.29, 0.717) is 12.3 Å². The average molecular weight is 232 g/mol. The molecule has 90 valence electrons. The van der Waals surface area contributed by atoms with E-state index in [1.54, 1.807) is 6.92 Å². The Kier molecular flexibility index (Phi) is 3.42. The first-order chi connectivity index (χ1) is 8.15. The number of Topliss-reactive ketones (excluding diaryl/α,β-unsaturated/α-hetero) is 1. The topological polar surface area (TPSA) is 55.1 Å². The normalized spacial score (nSPS) is 10.7. The van der Waals surface area contributed by atoms with E-state index in [1.807, 2.05) is 25.1 Å². The van der Waals surface area contributed by atoms with Gasteiger partial charge in [-0.2, -0.15) is 0 Å². The maximum atomic E-state index is 10.8. The lowest BCUT2D eigenvalue weighted by Crippen LogP contribution is -2.03. The number of nitrogens with zero attached hydrogens (tertiary/aromatic N) is 1.